The van der Waals surface area contributed by atoms with E-state index in [9.17, 15) is 4.79 Å². The smallest absolute Gasteiger partial charge is 0.409 e. The van der Waals surface area contributed by atoms with Crippen LogP contribution in [-0.2, 0) is 0 Å². The summed E-state index contributed by atoms with van der Waals surface area (Å²) in [5, 5.41) is 14.3. The fraction of sp³-hybridized carbons (Fsp3) is 0.0588. The molecule has 0 aliphatic heterocycles. The van der Waals surface area contributed by atoms with Crippen LogP contribution in [0.15, 0.2) is 55.0 Å². The van der Waals surface area contributed by atoms with Gasteiger partial charge in [-0.05, 0) is 42.8 Å². The molecule has 0 saturated carbocycles. The van der Waals surface area contributed by atoms with E-state index in [4.69, 9.17) is 5.11 Å². The molecular formula is C17H15N5O2. The molecule has 2 heterocycles. The van der Waals surface area contributed by atoms with E-state index in [0.29, 0.717) is 11.6 Å². The molecule has 0 bridgehead atoms. The largest absolute Gasteiger partial charge is 0.465 e. The molecule has 7 nitrogen and oxygen atoms in total. The van der Waals surface area contributed by atoms with E-state index < -0.39 is 6.09 Å². The van der Waals surface area contributed by atoms with Crippen molar-refractivity contribution in [3.05, 3.63) is 60.6 Å². The number of carboxylic acid groups (broad SMARTS) is 1. The van der Waals surface area contributed by atoms with E-state index in [1.54, 1.807) is 36.8 Å². The molecule has 0 fully saturated rings. The molecule has 0 aliphatic rings. The van der Waals surface area contributed by atoms with E-state index in [1.807, 2.05) is 25.1 Å². The van der Waals surface area contributed by atoms with E-state index in [-0.39, 0.29) is 0 Å². The predicted octanol–water partition coefficient (Wildman–Crippen LogP) is 3.68. The average molecular weight is 321 g/mol. The molecule has 0 atom stereocenters. The molecule has 120 valence electrons. The summed E-state index contributed by atoms with van der Waals surface area (Å²) in [6.07, 6.45) is 3.98. The Kier molecular flexibility index (Phi) is 4.33. The van der Waals surface area contributed by atoms with Crippen molar-refractivity contribution < 1.29 is 9.90 Å². The summed E-state index contributed by atoms with van der Waals surface area (Å²) in [6, 6.07) is 10.8. The van der Waals surface area contributed by atoms with Crippen LogP contribution in [0.4, 0.5) is 22.1 Å². The molecule has 24 heavy (non-hydrogen) atoms. The number of carbonyl (C=O) groups is 1. The minimum atomic E-state index is -1.11. The fourth-order valence-electron chi connectivity index (χ4n) is 2.17. The fourth-order valence-corrected chi connectivity index (χ4v) is 2.17. The number of pyridine rings is 1. The first kappa shape index (κ1) is 15.4. The van der Waals surface area contributed by atoms with Crippen molar-refractivity contribution in [2.75, 3.05) is 10.6 Å². The lowest BCUT2D eigenvalue weighted by Crippen LogP contribution is -2.08. The van der Waals surface area contributed by atoms with Gasteiger partial charge in [0.25, 0.3) is 0 Å². The molecule has 0 unspecified atom stereocenters. The first-order valence-corrected chi connectivity index (χ1v) is 7.23. The highest BCUT2D eigenvalue weighted by molar-refractivity contribution is 5.84. The summed E-state index contributed by atoms with van der Waals surface area (Å²) < 4.78 is 0. The van der Waals surface area contributed by atoms with Crippen molar-refractivity contribution >= 4 is 23.4 Å². The Morgan fingerprint density at radius 2 is 2.04 bits per heavy atom. The normalized spacial score (nSPS) is 10.2. The van der Waals surface area contributed by atoms with Crippen molar-refractivity contribution in [3.8, 4) is 11.3 Å². The van der Waals surface area contributed by atoms with Gasteiger partial charge in [0.05, 0.1) is 5.69 Å². The maximum atomic E-state index is 10.8. The molecule has 1 amide bonds. The van der Waals surface area contributed by atoms with E-state index in [0.717, 1.165) is 22.5 Å². The maximum Gasteiger partial charge on any atom is 0.409 e. The number of nitrogens with zero attached hydrogens (tertiary/aromatic N) is 3. The molecule has 2 aromatic heterocycles. The zero-order chi connectivity index (χ0) is 16.9. The summed E-state index contributed by atoms with van der Waals surface area (Å²) >= 11 is 0. The number of aryl methyl sites for hydroxylation is 1. The number of aromatic nitrogens is 3. The van der Waals surface area contributed by atoms with Crippen molar-refractivity contribution in [3.63, 3.8) is 0 Å². The molecule has 0 aliphatic carbocycles. The SMILES string of the molecule is Cc1ccc(NC(=O)O)cc1Nc1nccc(-c2cccnc2)n1. The second-order valence-corrected chi connectivity index (χ2v) is 5.09. The summed E-state index contributed by atoms with van der Waals surface area (Å²) in [5.41, 5.74) is 3.78. The quantitative estimate of drug-likeness (QED) is 0.678. The minimum absolute atomic E-state index is 0.423. The van der Waals surface area contributed by atoms with Crippen LogP contribution in [0.5, 0.6) is 0 Å². The van der Waals surface area contributed by atoms with Crippen LogP contribution in [-0.4, -0.2) is 26.2 Å². The van der Waals surface area contributed by atoms with Gasteiger partial charge in [-0.2, -0.15) is 0 Å². The first-order chi connectivity index (χ1) is 11.6. The molecule has 3 N–H and O–H groups in total. The topological polar surface area (TPSA) is 100 Å². The second kappa shape index (κ2) is 6.74. The van der Waals surface area contributed by atoms with Gasteiger partial charge in [-0.1, -0.05) is 6.07 Å². The highest BCUT2D eigenvalue weighted by Gasteiger charge is 2.06. The lowest BCUT2D eigenvalue weighted by atomic mass is 10.2. The van der Waals surface area contributed by atoms with E-state index in [2.05, 4.69) is 25.6 Å². The van der Waals surface area contributed by atoms with Gasteiger partial charge in [0.15, 0.2) is 0 Å². The third-order valence-corrected chi connectivity index (χ3v) is 3.35. The Bertz CT molecular complexity index is 868. The molecule has 0 spiro atoms. The molecule has 1 aromatic carbocycles. The van der Waals surface area contributed by atoms with Gasteiger partial charge in [-0.15, -0.1) is 0 Å². The summed E-state index contributed by atoms with van der Waals surface area (Å²) in [6.45, 7) is 1.91. The van der Waals surface area contributed by atoms with Crippen LogP contribution in [0.2, 0.25) is 0 Å². The minimum Gasteiger partial charge on any atom is -0.465 e. The Morgan fingerprint density at radius 3 is 2.79 bits per heavy atom. The molecule has 0 saturated heterocycles. The lowest BCUT2D eigenvalue weighted by molar-refractivity contribution is 0.210. The number of hydrogen-bond donors (Lipinski definition) is 3. The number of nitrogens with one attached hydrogen (secondary N) is 2. The van der Waals surface area contributed by atoms with Crippen LogP contribution < -0.4 is 10.6 Å². The Morgan fingerprint density at radius 1 is 1.17 bits per heavy atom. The van der Waals surface area contributed by atoms with Crippen molar-refractivity contribution in [2.45, 2.75) is 6.92 Å². The Hall–Kier alpha value is -3.48. The molecule has 3 aromatic rings. The van der Waals surface area contributed by atoms with Crippen molar-refractivity contribution in [2.24, 2.45) is 0 Å². The van der Waals surface area contributed by atoms with Gasteiger partial charge in [0.1, 0.15) is 0 Å². The van der Waals surface area contributed by atoms with Crippen LogP contribution in [0.25, 0.3) is 11.3 Å². The summed E-state index contributed by atoms with van der Waals surface area (Å²) in [5.74, 6) is 0.423. The zero-order valence-corrected chi connectivity index (χ0v) is 12.9. The maximum absolute atomic E-state index is 10.8. The van der Waals surface area contributed by atoms with E-state index >= 15 is 0 Å². The second-order valence-electron chi connectivity index (χ2n) is 5.09. The predicted molar refractivity (Wildman–Crippen MR) is 91.4 cm³/mol. The van der Waals surface area contributed by atoms with Crippen LogP contribution in [0, 0.1) is 6.92 Å². The lowest BCUT2D eigenvalue weighted by Gasteiger charge is -2.11. The number of benzene rings is 1. The third kappa shape index (κ3) is 3.64. The molecule has 3 rings (SSSR count). The standard InChI is InChI=1S/C17H15N5O2/c1-11-4-5-13(20-17(23)24)9-15(11)22-16-19-8-6-14(21-16)12-3-2-7-18-10-12/h2-10,20H,1H3,(H,23,24)(H,19,21,22). The number of amides is 1. The monoisotopic (exact) mass is 321 g/mol. The Labute approximate surface area is 138 Å². The first-order valence-electron chi connectivity index (χ1n) is 7.23. The van der Waals surface area contributed by atoms with Gasteiger partial charge < -0.3 is 10.4 Å². The van der Waals surface area contributed by atoms with Gasteiger partial charge in [-0.3, -0.25) is 10.3 Å². The molecular weight excluding hydrogens is 306 g/mol. The Balaban J connectivity index is 1.88. The van der Waals surface area contributed by atoms with Crippen LogP contribution >= 0.6 is 0 Å². The van der Waals surface area contributed by atoms with Crippen LogP contribution in [0.1, 0.15) is 5.56 Å². The summed E-state index contributed by atoms with van der Waals surface area (Å²) in [7, 11) is 0. The average Bonchev–Trinajstić information content (AvgIpc) is 2.58. The van der Waals surface area contributed by atoms with E-state index in [1.165, 1.54) is 0 Å². The van der Waals surface area contributed by atoms with Gasteiger partial charge in [-0.25, -0.2) is 14.8 Å². The number of hydrogen-bond acceptors (Lipinski definition) is 5. The summed E-state index contributed by atoms with van der Waals surface area (Å²) in [4.78, 5) is 23.5. The third-order valence-electron chi connectivity index (χ3n) is 3.35. The van der Waals surface area contributed by atoms with Gasteiger partial charge in [0.2, 0.25) is 5.95 Å². The molecule has 7 heteroatoms. The van der Waals surface area contributed by atoms with Crippen LogP contribution in [0.3, 0.4) is 0 Å². The number of rotatable bonds is 4. The van der Waals surface area contributed by atoms with Crippen molar-refractivity contribution in [1.29, 1.82) is 0 Å². The molecule has 0 radical (unpaired) electrons. The van der Waals surface area contributed by atoms with Crippen molar-refractivity contribution in [1.82, 2.24) is 15.0 Å². The number of anilines is 3. The highest BCUT2D eigenvalue weighted by Crippen LogP contribution is 2.24. The van der Waals surface area contributed by atoms with Gasteiger partial charge >= 0.3 is 6.09 Å². The van der Waals surface area contributed by atoms with Gasteiger partial charge in [0, 0.05) is 35.5 Å². The highest BCUT2D eigenvalue weighted by atomic mass is 16.4. The zero-order valence-electron chi connectivity index (χ0n) is 12.9.